The van der Waals surface area contributed by atoms with Gasteiger partial charge in [-0.15, -0.1) is 0 Å². The van der Waals surface area contributed by atoms with E-state index in [-0.39, 0.29) is 28.0 Å². The number of nitrogens with zero attached hydrogens (tertiary/aromatic N) is 2. The molecule has 1 heterocycles. The fourth-order valence-corrected chi connectivity index (χ4v) is 2.77. The highest BCUT2D eigenvalue weighted by molar-refractivity contribution is 6.34. The van der Waals surface area contributed by atoms with Crippen molar-refractivity contribution in [2.45, 2.75) is 18.9 Å². The van der Waals surface area contributed by atoms with Gasteiger partial charge in [0, 0.05) is 24.7 Å². The molecule has 0 radical (unpaired) electrons. The Hall–Kier alpha value is -1.86. The number of nitro groups is 1. The first-order chi connectivity index (χ1) is 9.88. The number of likely N-dealkylation sites (tertiary alicyclic amines) is 1. The van der Waals surface area contributed by atoms with Crippen LogP contribution in [0.25, 0.3) is 0 Å². The number of aromatic carboxylic acids is 1. The van der Waals surface area contributed by atoms with Crippen molar-refractivity contribution in [1.82, 2.24) is 4.90 Å². The van der Waals surface area contributed by atoms with Crippen LogP contribution in [-0.4, -0.2) is 47.1 Å². The number of halogens is 1. The Kier molecular flexibility index (Phi) is 4.64. The second-order valence-electron chi connectivity index (χ2n) is 5.16. The molecule has 2 N–H and O–H groups in total. The second kappa shape index (κ2) is 6.28. The number of nitro benzene ring substituents is 1. The summed E-state index contributed by atoms with van der Waals surface area (Å²) >= 11 is 6.03. The summed E-state index contributed by atoms with van der Waals surface area (Å²) in [6.45, 7) is 1.77. The number of non-ortho nitro benzene ring substituents is 1. The Bertz CT molecular complexity index is 579. The predicted octanol–water partition coefficient (Wildman–Crippen LogP) is 2.45. The summed E-state index contributed by atoms with van der Waals surface area (Å²) in [7, 11) is 1.99. The van der Waals surface area contributed by atoms with Crippen molar-refractivity contribution in [3.05, 3.63) is 32.8 Å². The SMILES string of the molecule is CN1CCCC(Nc2c(Cl)cc([N+](=O)[O-])cc2C(=O)O)C1. The molecular formula is C13H16ClN3O4. The lowest BCUT2D eigenvalue weighted by molar-refractivity contribution is -0.384. The summed E-state index contributed by atoms with van der Waals surface area (Å²) in [6, 6.07) is 2.27. The van der Waals surface area contributed by atoms with Crippen molar-refractivity contribution < 1.29 is 14.8 Å². The topological polar surface area (TPSA) is 95.7 Å². The van der Waals surface area contributed by atoms with E-state index in [9.17, 15) is 20.0 Å². The molecule has 21 heavy (non-hydrogen) atoms. The van der Waals surface area contributed by atoms with Gasteiger partial charge in [0.15, 0.2) is 0 Å². The molecule has 1 aromatic rings. The van der Waals surface area contributed by atoms with Crippen LogP contribution in [0.5, 0.6) is 0 Å². The molecule has 2 rings (SSSR count). The van der Waals surface area contributed by atoms with Gasteiger partial charge in [-0.25, -0.2) is 4.79 Å². The van der Waals surface area contributed by atoms with E-state index in [1.165, 1.54) is 6.07 Å². The van der Waals surface area contributed by atoms with E-state index in [1.54, 1.807) is 0 Å². The van der Waals surface area contributed by atoms with Gasteiger partial charge in [-0.1, -0.05) is 11.6 Å². The normalized spacial score (nSPS) is 19.2. The zero-order chi connectivity index (χ0) is 15.6. The Labute approximate surface area is 126 Å². The lowest BCUT2D eigenvalue weighted by Crippen LogP contribution is -2.40. The van der Waals surface area contributed by atoms with Gasteiger partial charge in [0.25, 0.3) is 5.69 Å². The van der Waals surface area contributed by atoms with Crippen molar-refractivity contribution in [2.24, 2.45) is 0 Å². The smallest absolute Gasteiger partial charge is 0.338 e. The van der Waals surface area contributed by atoms with E-state index in [1.807, 2.05) is 7.05 Å². The Morgan fingerprint density at radius 3 is 2.86 bits per heavy atom. The largest absolute Gasteiger partial charge is 0.478 e. The number of hydrogen-bond donors (Lipinski definition) is 2. The lowest BCUT2D eigenvalue weighted by atomic mass is 10.0. The highest BCUT2D eigenvalue weighted by Gasteiger charge is 2.24. The average molecular weight is 314 g/mol. The number of anilines is 1. The van der Waals surface area contributed by atoms with Crippen LogP contribution in [-0.2, 0) is 0 Å². The molecule has 1 aliphatic rings. The minimum absolute atomic E-state index is 0.0508. The number of carbonyl (C=O) groups is 1. The maximum absolute atomic E-state index is 11.3. The van der Waals surface area contributed by atoms with Gasteiger partial charge in [0.2, 0.25) is 0 Å². The van der Waals surface area contributed by atoms with Crippen LogP contribution in [0.4, 0.5) is 11.4 Å². The number of nitrogens with one attached hydrogen (secondary N) is 1. The molecule has 0 amide bonds. The second-order valence-corrected chi connectivity index (χ2v) is 5.57. The summed E-state index contributed by atoms with van der Waals surface area (Å²) in [5.41, 5.74) is -0.263. The van der Waals surface area contributed by atoms with Crippen molar-refractivity contribution in [2.75, 3.05) is 25.5 Å². The summed E-state index contributed by atoms with van der Waals surface area (Å²) in [4.78, 5) is 23.6. The molecule has 0 bridgehead atoms. The van der Waals surface area contributed by atoms with Crippen LogP contribution < -0.4 is 5.32 Å². The van der Waals surface area contributed by atoms with E-state index < -0.39 is 10.9 Å². The third kappa shape index (κ3) is 3.62. The molecule has 0 saturated carbocycles. The zero-order valence-electron chi connectivity index (χ0n) is 11.5. The maximum atomic E-state index is 11.3. The molecular weight excluding hydrogens is 298 g/mol. The first-order valence-electron chi connectivity index (χ1n) is 6.55. The maximum Gasteiger partial charge on any atom is 0.338 e. The third-order valence-electron chi connectivity index (χ3n) is 3.49. The van der Waals surface area contributed by atoms with Crippen LogP contribution in [0.3, 0.4) is 0 Å². The molecule has 1 saturated heterocycles. The van der Waals surface area contributed by atoms with Gasteiger partial charge >= 0.3 is 5.97 Å². The van der Waals surface area contributed by atoms with Crippen LogP contribution in [0.15, 0.2) is 12.1 Å². The zero-order valence-corrected chi connectivity index (χ0v) is 12.3. The van der Waals surface area contributed by atoms with Gasteiger partial charge in [-0.05, 0) is 26.4 Å². The molecule has 0 aliphatic carbocycles. The molecule has 1 fully saturated rings. The molecule has 1 atom stereocenters. The lowest BCUT2D eigenvalue weighted by Gasteiger charge is -2.31. The third-order valence-corrected chi connectivity index (χ3v) is 3.79. The summed E-state index contributed by atoms with van der Waals surface area (Å²) in [5, 5.41) is 23.2. The summed E-state index contributed by atoms with van der Waals surface area (Å²) in [6.07, 6.45) is 1.90. The van der Waals surface area contributed by atoms with Crippen LogP contribution in [0.1, 0.15) is 23.2 Å². The van der Waals surface area contributed by atoms with Crippen molar-refractivity contribution in [3.63, 3.8) is 0 Å². The molecule has 0 spiro atoms. The molecule has 114 valence electrons. The first kappa shape index (κ1) is 15.5. The van der Waals surface area contributed by atoms with Gasteiger partial charge < -0.3 is 15.3 Å². The van der Waals surface area contributed by atoms with Crippen LogP contribution in [0, 0.1) is 10.1 Å². The van der Waals surface area contributed by atoms with E-state index in [4.69, 9.17) is 11.6 Å². The number of likely N-dealkylation sites (N-methyl/N-ethyl adjacent to an activating group) is 1. The van der Waals surface area contributed by atoms with Gasteiger partial charge in [-0.2, -0.15) is 0 Å². The highest BCUT2D eigenvalue weighted by atomic mass is 35.5. The quantitative estimate of drug-likeness (QED) is 0.655. The number of hydrogen-bond acceptors (Lipinski definition) is 5. The molecule has 8 heteroatoms. The molecule has 1 aromatic carbocycles. The van der Waals surface area contributed by atoms with Crippen molar-refractivity contribution in [1.29, 1.82) is 0 Å². The van der Waals surface area contributed by atoms with Crippen molar-refractivity contribution in [3.8, 4) is 0 Å². The highest BCUT2D eigenvalue weighted by Crippen LogP contribution is 2.32. The predicted molar refractivity (Wildman–Crippen MR) is 79.2 cm³/mol. The van der Waals surface area contributed by atoms with E-state index >= 15 is 0 Å². The number of rotatable bonds is 4. The van der Waals surface area contributed by atoms with Crippen molar-refractivity contribution >= 4 is 28.9 Å². The van der Waals surface area contributed by atoms with Gasteiger partial charge in [0.1, 0.15) is 0 Å². The van der Waals surface area contributed by atoms with E-state index in [0.29, 0.717) is 0 Å². The van der Waals surface area contributed by atoms with Gasteiger partial charge in [-0.3, -0.25) is 10.1 Å². The average Bonchev–Trinajstić information content (AvgIpc) is 2.40. The molecule has 7 nitrogen and oxygen atoms in total. The van der Waals surface area contributed by atoms with Crippen LogP contribution >= 0.6 is 11.6 Å². The van der Waals surface area contributed by atoms with Crippen LogP contribution in [0.2, 0.25) is 5.02 Å². The van der Waals surface area contributed by atoms with E-state index in [2.05, 4.69) is 10.2 Å². The molecule has 1 unspecified atom stereocenters. The minimum atomic E-state index is -1.24. The first-order valence-corrected chi connectivity index (χ1v) is 6.92. The minimum Gasteiger partial charge on any atom is -0.478 e. The Morgan fingerprint density at radius 2 is 2.29 bits per heavy atom. The fourth-order valence-electron chi connectivity index (χ4n) is 2.50. The molecule has 1 aliphatic heterocycles. The summed E-state index contributed by atoms with van der Waals surface area (Å²) < 4.78 is 0. The number of carboxylic acids is 1. The summed E-state index contributed by atoms with van der Waals surface area (Å²) in [5.74, 6) is -1.24. The van der Waals surface area contributed by atoms with Gasteiger partial charge in [0.05, 0.1) is 21.2 Å². The fraction of sp³-hybridized carbons (Fsp3) is 0.462. The standard InChI is InChI=1S/C13H16ClN3O4/c1-16-4-2-3-8(7-16)15-12-10(13(18)19)5-9(17(20)21)6-11(12)14/h5-6,8,15H,2-4,7H2,1H3,(H,18,19). The Balaban J connectivity index is 2.33. The number of carboxylic acid groups (broad SMARTS) is 1. The number of benzene rings is 1. The number of piperidine rings is 1. The molecule has 0 aromatic heterocycles. The van der Waals surface area contributed by atoms with E-state index in [0.717, 1.165) is 32.0 Å². The Morgan fingerprint density at radius 1 is 1.57 bits per heavy atom. The monoisotopic (exact) mass is 313 g/mol.